The molecule has 0 N–H and O–H groups in total. The van der Waals surface area contributed by atoms with Crippen molar-refractivity contribution in [1.82, 2.24) is 9.80 Å². The van der Waals surface area contributed by atoms with E-state index in [1.807, 2.05) is 53.2 Å². The number of carbonyl (C=O) groups is 1. The number of likely N-dealkylation sites (N-methyl/N-ethyl adjacent to an activating group) is 1. The molecule has 1 heterocycles. The predicted molar refractivity (Wildman–Crippen MR) is 106 cm³/mol. The van der Waals surface area contributed by atoms with Crippen LogP contribution in [0.2, 0.25) is 5.02 Å². The zero-order chi connectivity index (χ0) is 19.4. The van der Waals surface area contributed by atoms with E-state index in [2.05, 4.69) is 0 Å². The third-order valence-electron chi connectivity index (χ3n) is 4.84. The lowest BCUT2D eigenvalue weighted by Crippen LogP contribution is -2.41. The Morgan fingerprint density at radius 3 is 2.37 bits per heavy atom. The van der Waals surface area contributed by atoms with Gasteiger partial charge in [-0.15, -0.1) is 0 Å². The third-order valence-corrected chi connectivity index (χ3v) is 5.09. The van der Waals surface area contributed by atoms with Crippen molar-refractivity contribution >= 4 is 17.5 Å². The lowest BCUT2D eigenvalue weighted by molar-refractivity contribution is -0.133. The second kappa shape index (κ2) is 8.63. The molecule has 0 saturated heterocycles. The van der Waals surface area contributed by atoms with Crippen LogP contribution >= 0.6 is 11.6 Å². The third kappa shape index (κ3) is 4.73. The molecule has 144 valence electrons. The van der Waals surface area contributed by atoms with Gasteiger partial charge in [0.1, 0.15) is 0 Å². The van der Waals surface area contributed by atoms with Gasteiger partial charge in [0.05, 0.1) is 20.8 Å². The van der Waals surface area contributed by atoms with Gasteiger partial charge in [0.25, 0.3) is 0 Å². The Labute approximate surface area is 165 Å². The Balaban J connectivity index is 1.62. The van der Waals surface area contributed by atoms with Crippen molar-refractivity contribution in [3.8, 4) is 11.5 Å². The van der Waals surface area contributed by atoms with Crippen molar-refractivity contribution in [2.24, 2.45) is 0 Å². The van der Waals surface area contributed by atoms with Crippen LogP contribution in [0.5, 0.6) is 11.5 Å². The standard InChI is InChI=1S/C21H25ClN2O3/c1-23(12-15-4-6-18(22)7-5-15)14-21(25)24-9-8-16-10-19(26-2)20(27-3)11-17(16)13-24/h4-7,10-11H,8-9,12-14H2,1-3H3. The summed E-state index contributed by atoms with van der Waals surface area (Å²) in [6.07, 6.45) is 0.822. The molecule has 27 heavy (non-hydrogen) atoms. The Hall–Kier alpha value is -2.24. The van der Waals surface area contributed by atoms with Crippen molar-refractivity contribution in [2.75, 3.05) is 34.4 Å². The molecule has 0 aliphatic carbocycles. The largest absolute Gasteiger partial charge is 0.493 e. The number of rotatable bonds is 6. The number of hydrogen-bond donors (Lipinski definition) is 0. The topological polar surface area (TPSA) is 42.0 Å². The van der Waals surface area contributed by atoms with Crippen molar-refractivity contribution in [1.29, 1.82) is 0 Å². The molecule has 0 bridgehead atoms. The first-order valence-corrected chi connectivity index (χ1v) is 9.32. The monoisotopic (exact) mass is 388 g/mol. The van der Waals surface area contributed by atoms with Crippen LogP contribution in [0.4, 0.5) is 0 Å². The van der Waals surface area contributed by atoms with Gasteiger partial charge in [0.2, 0.25) is 5.91 Å². The number of benzene rings is 2. The van der Waals surface area contributed by atoms with Gasteiger partial charge in [-0.2, -0.15) is 0 Å². The van der Waals surface area contributed by atoms with Crippen LogP contribution in [0.3, 0.4) is 0 Å². The van der Waals surface area contributed by atoms with Gasteiger partial charge in [0.15, 0.2) is 11.5 Å². The van der Waals surface area contributed by atoms with Gasteiger partial charge in [0, 0.05) is 24.7 Å². The molecule has 0 unspecified atom stereocenters. The van der Waals surface area contributed by atoms with Gasteiger partial charge < -0.3 is 14.4 Å². The molecule has 1 aliphatic rings. The van der Waals surface area contributed by atoms with Crippen molar-refractivity contribution in [3.05, 3.63) is 58.1 Å². The molecular weight excluding hydrogens is 364 g/mol. The lowest BCUT2D eigenvalue weighted by atomic mass is 9.98. The van der Waals surface area contributed by atoms with Crippen LogP contribution in [0.25, 0.3) is 0 Å². The second-order valence-electron chi connectivity index (χ2n) is 6.84. The Kier molecular flexibility index (Phi) is 6.24. The maximum atomic E-state index is 12.7. The highest BCUT2D eigenvalue weighted by molar-refractivity contribution is 6.30. The SMILES string of the molecule is COc1cc2c(cc1OC)CN(C(=O)CN(C)Cc1ccc(Cl)cc1)CC2. The predicted octanol–water partition coefficient (Wildman–Crippen LogP) is 3.37. The van der Waals surface area contributed by atoms with E-state index >= 15 is 0 Å². The zero-order valence-corrected chi connectivity index (χ0v) is 16.8. The first kappa shape index (κ1) is 19.5. The summed E-state index contributed by atoms with van der Waals surface area (Å²) in [6, 6.07) is 11.7. The highest BCUT2D eigenvalue weighted by Gasteiger charge is 2.23. The fourth-order valence-electron chi connectivity index (χ4n) is 3.38. The second-order valence-corrected chi connectivity index (χ2v) is 7.28. The Bertz CT molecular complexity index is 808. The number of amides is 1. The van der Waals surface area contributed by atoms with E-state index in [0.29, 0.717) is 25.4 Å². The summed E-state index contributed by atoms with van der Waals surface area (Å²) >= 11 is 5.92. The summed E-state index contributed by atoms with van der Waals surface area (Å²) in [4.78, 5) is 16.7. The first-order chi connectivity index (χ1) is 13.0. The molecule has 1 aliphatic heterocycles. The van der Waals surface area contributed by atoms with E-state index in [1.54, 1.807) is 14.2 Å². The van der Waals surface area contributed by atoms with Crippen molar-refractivity contribution in [3.63, 3.8) is 0 Å². The quantitative estimate of drug-likeness (QED) is 0.760. The first-order valence-electron chi connectivity index (χ1n) is 8.94. The number of halogens is 1. The highest BCUT2D eigenvalue weighted by Crippen LogP contribution is 2.33. The van der Waals surface area contributed by atoms with Gasteiger partial charge in [-0.25, -0.2) is 0 Å². The normalized spacial score (nSPS) is 13.4. The van der Waals surface area contributed by atoms with Crippen molar-refractivity contribution in [2.45, 2.75) is 19.5 Å². The summed E-state index contributed by atoms with van der Waals surface area (Å²) in [5, 5.41) is 0.719. The fourth-order valence-corrected chi connectivity index (χ4v) is 3.51. The maximum absolute atomic E-state index is 12.7. The van der Waals surface area contributed by atoms with E-state index in [1.165, 1.54) is 5.56 Å². The number of carbonyl (C=O) groups excluding carboxylic acids is 1. The fraction of sp³-hybridized carbons (Fsp3) is 0.381. The van der Waals surface area contributed by atoms with E-state index in [0.717, 1.165) is 34.9 Å². The highest BCUT2D eigenvalue weighted by atomic mass is 35.5. The number of nitrogens with zero attached hydrogens (tertiary/aromatic N) is 2. The van der Waals surface area contributed by atoms with Crippen LogP contribution in [0, 0.1) is 0 Å². The summed E-state index contributed by atoms with van der Waals surface area (Å²) in [5.74, 6) is 1.57. The molecule has 1 amide bonds. The van der Waals surface area contributed by atoms with Crippen LogP contribution in [0.1, 0.15) is 16.7 Å². The smallest absolute Gasteiger partial charge is 0.237 e. The molecule has 0 aromatic heterocycles. The molecule has 0 fully saturated rings. The van der Waals surface area contributed by atoms with Gasteiger partial charge in [-0.1, -0.05) is 23.7 Å². The molecule has 2 aromatic rings. The molecule has 0 radical (unpaired) electrons. The average molecular weight is 389 g/mol. The van der Waals surface area contributed by atoms with E-state index < -0.39 is 0 Å². The molecule has 0 spiro atoms. The van der Waals surface area contributed by atoms with E-state index in [-0.39, 0.29) is 5.91 Å². The van der Waals surface area contributed by atoms with Crippen LogP contribution in [-0.4, -0.2) is 50.1 Å². The van der Waals surface area contributed by atoms with Gasteiger partial charge >= 0.3 is 0 Å². The van der Waals surface area contributed by atoms with E-state index in [9.17, 15) is 4.79 Å². The van der Waals surface area contributed by atoms with Gasteiger partial charge in [-0.05, 0) is 54.4 Å². The summed E-state index contributed by atoms with van der Waals surface area (Å²) in [6.45, 7) is 2.41. The van der Waals surface area contributed by atoms with Gasteiger partial charge in [-0.3, -0.25) is 9.69 Å². The molecule has 2 aromatic carbocycles. The minimum Gasteiger partial charge on any atom is -0.493 e. The molecule has 3 rings (SSSR count). The number of fused-ring (bicyclic) bond motifs is 1. The zero-order valence-electron chi connectivity index (χ0n) is 16.0. The molecular formula is C21H25ClN2O3. The van der Waals surface area contributed by atoms with Crippen LogP contribution in [0.15, 0.2) is 36.4 Å². The molecule has 0 atom stereocenters. The van der Waals surface area contributed by atoms with E-state index in [4.69, 9.17) is 21.1 Å². The minimum atomic E-state index is 0.131. The lowest BCUT2D eigenvalue weighted by Gasteiger charge is -2.31. The average Bonchev–Trinajstić information content (AvgIpc) is 2.68. The maximum Gasteiger partial charge on any atom is 0.237 e. The number of hydrogen-bond acceptors (Lipinski definition) is 4. The summed E-state index contributed by atoms with van der Waals surface area (Å²) in [7, 11) is 5.22. The molecule has 5 nitrogen and oxygen atoms in total. The minimum absolute atomic E-state index is 0.131. The van der Waals surface area contributed by atoms with Crippen LogP contribution in [-0.2, 0) is 24.3 Å². The molecule has 0 saturated carbocycles. The Morgan fingerprint density at radius 2 is 1.74 bits per heavy atom. The number of ether oxygens (including phenoxy) is 2. The van der Waals surface area contributed by atoms with Crippen LogP contribution < -0.4 is 9.47 Å². The molecule has 6 heteroatoms. The number of methoxy groups -OCH3 is 2. The summed E-state index contributed by atoms with van der Waals surface area (Å²) in [5.41, 5.74) is 3.47. The Morgan fingerprint density at radius 1 is 1.11 bits per heavy atom. The van der Waals surface area contributed by atoms with Crippen molar-refractivity contribution < 1.29 is 14.3 Å². The summed E-state index contributed by atoms with van der Waals surface area (Å²) < 4.78 is 10.8.